The first-order chi connectivity index (χ1) is 10.3. The van der Waals surface area contributed by atoms with Crippen molar-refractivity contribution in [2.24, 2.45) is 5.92 Å². The number of hydrogen-bond acceptors (Lipinski definition) is 2. The Hall–Kier alpha value is -1.51. The molecule has 0 bridgehead atoms. The first kappa shape index (κ1) is 13.2. The molecule has 0 aromatic heterocycles. The van der Waals surface area contributed by atoms with Gasteiger partial charge in [0, 0.05) is 37.0 Å². The normalized spacial score (nSPS) is 24.2. The van der Waals surface area contributed by atoms with Gasteiger partial charge in [0.2, 0.25) is 0 Å². The summed E-state index contributed by atoms with van der Waals surface area (Å²) >= 11 is 6.26. The van der Waals surface area contributed by atoms with Crippen molar-refractivity contribution in [3.63, 3.8) is 0 Å². The first-order valence-corrected chi connectivity index (χ1v) is 7.86. The maximum absolute atomic E-state index is 6.26. The Morgan fingerprint density at radius 1 is 1.05 bits per heavy atom. The van der Waals surface area contributed by atoms with Gasteiger partial charge in [-0.3, -0.25) is 4.90 Å². The van der Waals surface area contributed by atoms with E-state index in [-0.39, 0.29) is 0 Å². The van der Waals surface area contributed by atoms with E-state index < -0.39 is 0 Å². The average molecular weight is 300 g/mol. The van der Waals surface area contributed by atoms with Crippen LogP contribution in [0, 0.1) is 5.92 Å². The van der Waals surface area contributed by atoms with E-state index in [0.717, 1.165) is 37.0 Å². The molecule has 1 saturated heterocycles. The van der Waals surface area contributed by atoms with E-state index in [9.17, 15) is 0 Å². The second-order valence-corrected chi connectivity index (χ2v) is 6.42. The zero-order chi connectivity index (χ0) is 14.2. The molecule has 2 heterocycles. The smallest absolute Gasteiger partial charge is 0.141 e. The third-order valence-electron chi connectivity index (χ3n) is 4.60. The summed E-state index contributed by atoms with van der Waals surface area (Å²) in [5.41, 5.74) is 2.66. The van der Waals surface area contributed by atoms with E-state index in [0.29, 0.717) is 11.8 Å². The fourth-order valence-corrected chi connectivity index (χ4v) is 3.85. The van der Waals surface area contributed by atoms with E-state index >= 15 is 0 Å². The number of ether oxygens (including phenoxy) is 1. The molecule has 2 unspecified atom stereocenters. The molecule has 2 aliphatic rings. The van der Waals surface area contributed by atoms with Crippen LogP contribution in [0.15, 0.2) is 48.5 Å². The molecule has 108 valence electrons. The van der Waals surface area contributed by atoms with Gasteiger partial charge in [-0.25, -0.2) is 0 Å². The standard InChI is InChI=1S/C18H18ClNO/c19-17-8-4-7-15-16-11-20(9-13-5-2-1-3-6-13)10-14(16)12-21-18(15)17/h1-8,14,16H,9-12H2. The van der Waals surface area contributed by atoms with Gasteiger partial charge in [0.15, 0.2) is 0 Å². The molecule has 0 saturated carbocycles. The zero-order valence-corrected chi connectivity index (χ0v) is 12.6. The first-order valence-electron chi connectivity index (χ1n) is 7.49. The molecule has 2 aliphatic heterocycles. The van der Waals surface area contributed by atoms with Gasteiger partial charge < -0.3 is 4.74 Å². The van der Waals surface area contributed by atoms with Crippen molar-refractivity contribution in [2.75, 3.05) is 19.7 Å². The third-order valence-corrected chi connectivity index (χ3v) is 4.90. The second-order valence-electron chi connectivity index (χ2n) is 6.02. The van der Waals surface area contributed by atoms with Crippen LogP contribution in [0.1, 0.15) is 17.0 Å². The van der Waals surface area contributed by atoms with E-state index in [2.05, 4.69) is 41.3 Å². The predicted molar refractivity (Wildman–Crippen MR) is 84.9 cm³/mol. The number of likely N-dealkylation sites (tertiary alicyclic amines) is 1. The molecule has 0 amide bonds. The van der Waals surface area contributed by atoms with Gasteiger partial charge in [-0.1, -0.05) is 54.1 Å². The van der Waals surface area contributed by atoms with Crippen molar-refractivity contribution < 1.29 is 4.74 Å². The lowest BCUT2D eigenvalue weighted by molar-refractivity contribution is 0.212. The summed E-state index contributed by atoms with van der Waals surface area (Å²) in [4.78, 5) is 2.53. The largest absolute Gasteiger partial charge is 0.491 e. The van der Waals surface area contributed by atoms with Crippen molar-refractivity contribution >= 4 is 11.6 Å². The van der Waals surface area contributed by atoms with Crippen molar-refractivity contribution in [3.8, 4) is 5.75 Å². The van der Waals surface area contributed by atoms with Crippen LogP contribution in [-0.4, -0.2) is 24.6 Å². The number of hydrogen-bond donors (Lipinski definition) is 0. The van der Waals surface area contributed by atoms with Crippen LogP contribution in [0.4, 0.5) is 0 Å². The molecule has 3 heteroatoms. The number of benzene rings is 2. The Morgan fingerprint density at radius 2 is 1.90 bits per heavy atom. The summed E-state index contributed by atoms with van der Waals surface area (Å²) in [6, 6.07) is 16.8. The van der Waals surface area contributed by atoms with Crippen LogP contribution in [0.25, 0.3) is 0 Å². The molecule has 21 heavy (non-hydrogen) atoms. The topological polar surface area (TPSA) is 12.5 Å². The minimum absolute atomic E-state index is 0.552. The summed E-state index contributed by atoms with van der Waals surface area (Å²) in [6.45, 7) is 4.00. The van der Waals surface area contributed by atoms with Crippen LogP contribution >= 0.6 is 11.6 Å². The molecule has 0 N–H and O–H groups in total. The molecule has 0 radical (unpaired) electrons. The van der Waals surface area contributed by atoms with Crippen molar-refractivity contribution in [2.45, 2.75) is 12.5 Å². The molecule has 2 aromatic carbocycles. The van der Waals surface area contributed by atoms with E-state index in [1.807, 2.05) is 12.1 Å². The molecule has 4 rings (SSSR count). The Balaban J connectivity index is 1.55. The highest BCUT2D eigenvalue weighted by Crippen LogP contribution is 2.44. The summed E-state index contributed by atoms with van der Waals surface area (Å²) in [7, 11) is 0. The molecular formula is C18H18ClNO. The zero-order valence-electron chi connectivity index (χ0n) is 11.8. The van der Waals surface area contributed by atoms with Crippen LogP contribution in [0.3, 0.4) is 0 Å². The van der Waals surface area contributed by atoms with Gasteiger partial charge in [0.05, 0.1) is 11.6 Å². The van der Waals surface area contributed by atoms with Crippen molar-refractivity contribution in [3.05, 3.63) is 64.7 Å². The maximum atomic E-state index is 6.26. The van der Waals surface area contributed by atoms with Gasteiger partial charge in [0.25, 0.3) is 0 Å². The van der Waals surface area contributed by atoms with Gasteiger partial charge in [-0.15, -0.1) is 0 Å². The minimum Gasteiger partial charge on any atom is -0.491 e. The number of nitrogens with zero attached hydrogens (tertiary/aromatic N) is 1. The number of halogens is 1. The van der Waals surface area contributed by atoms with Gasteiger partial charge >= 0.3 is 0 Å². The predicted octanol–water partition coefficient (Wildman–Crippen LogP) is 3.95. The van der Waals surface area contributed by atoms with Crippen LogP contribution in [0.5, 0.6) is 5.75 Å². The SMILES string of the molecule is Clc1cccc2c1OCC1CN(Cc3ccccc3)CC21. The number of fused-ring (bicyclic) bond motifs is 3. The highest BCUT2D eigenvalue weighted by atomic mass is 35.5. The van der Waals surface area contributed by atoms with Gasteiger partial charge in [-0.05, 0) is 11.6 Å². The summed E-state index contributed by atoms with van der Waals surface area (Å²) in [5, 5.41) is 0.743. The monoisotopic (exact) mass is 299 g/mol. The third kappa shape index (κ3) is 2.43. The lowest BCUT2D eigenvalue weighted by Crippen LogP contribution is -2.25. The fourth-order valence-electron chi connectivity index (χ4n) is 3.61. The number of rotatable bonds is 2. The summed E-state index contributed by atoms with van der Waals surface area (Å²) in [6.07, 6.45) is 0. The second kappa shape index (κ2) is 5.36. The highest BCUT2D eigenvalue weighted by Gasteiger charge is 2.39. The average Bonchev–Trinajstić information content (AvgIpc) is 2.91. The highest BCUT2D eigenvalue weighted by molar-refractivity contribution is 6.32. The Kier molecular flexibility index (Phi) is 3.36. The Bertz CT molecular complexity index is 643. The van der Waals surface area contributed by atoms with Gasteiger partial charge in [-0.2, -0.15) is 0 Å². The van der Waals surface area contributed by atoms with Crippen molar-refractivity contribution in [1.29, 1.82) is 0 Å². The Morgan fingerprint density at radius 3 is 2.76 bits per heavy atom. The van der Waals surface area contributed by atoms with E-state index in [4.69, 9.17) is 16.3 Å². The van der Waals surface area contributed by atoms with Gasteiger partial charge in [0.1, 0.15) is 5.75 Å². The van der Waals surface area contributed by atoms with Crippen LogP contribution in [0.2, 0.25) is 5.02 Å². The molecule has 0 aliphatic carbocycles. The maximum Gasteiger partial charge on any atom is 0.141 e. The van der Waals surface area contributed by atoms with Crippen LogP contribution in [-0.2, 0) is 6.54 Å². The van der Waals surface area contributed by atoms with E-state index in [1.54, 1.807) is 0 Å². The Labute approximate surface area is 130 Å². The van der Waals surface area contributed by atoms with Crippen LogP contribution < -0.4 is 4.74 Å². The quantitative estimate of drug-likeness (QED) is 0.832. The molecule has 2 aromatic rings. The molecular weight excluding hydrogens is 282 g/mol. The molecule has 2 atom stereocenters. The lowest BCUT2D eigenvalue weighted by atomic mass is 9.87. The molecule has 0 spiro atoms. The molecule has 2 nitrogen and oxygen atoms in total. The lowest BCUT2D eigenvalue weighted by Gasteiger charge is -2.28. The summed E-state index contributed by atoms with van der Waals surface area (Å²) in [5.74, 6) is 2.04. The fraction of sp³-hybridized carbons (Fsp3) is 0.333. The summed E-state index contributed by atoms with van der Waals surface area (Å²) < 4.78 is 5.91. The van der Waals surface area contributed by atoms with Crippen molar-refractivity contribution in [1.82, 2.24) is 4.90 Å². The minimum atomic E-state index is 0.552. The van der Waals surface area contributed by atoms with E-state index in [1.165, 1.54) is 11.1 Å². The molecule has 1 fully saturated rings. The number of para-hydroxylation sites is 1.